The first-order chi connectivity index (χ1) is 13.6. The number of hydrogen-bond acceptors (Lipinski definition) is 4. The summed E-state index contributed by atoms with van der Waals surface area (Å²) in [5.41, 5.74) is 1.82. The Balaban J connectivity index is 1.30. The summed E-state index contributed by atoms with van der Waals surface area (Å²) >= 11 is 0. The van der Waals surface area contributed by atoms with Crippen molar-refractivity contribution < 1.29 is 18.8 Å². The van der Waals surface area contributed by atoms with Gasteiger partial charge in [0.2, 0.25) is 11.8 Å². The zero-order valence-corrected chi connectivity index (χ0v) is 15.7. The van der Waals surface area contributed by atoms with E-state index in [1.54, 1.807) is 26.8 Å². The van der Waals surface area contributed by atoms with E-state index in [0.717, 1.165) is 24.2 Å². The standard InChI is InChI=1S/C21H23N3O4/c25-19-4-1-9-24(19)17-7-5-16(6-8-17)15-20(26)22-10-12-23(13-11-22)21(27)18-3-2-14-28-18/h2-3,5-8,14H,1,4,9-13,15H2. The van der Waals surface area contributed by atoms with Crippen molar-refractivity contribution in [3.8, 4) is 0 Å². The number of carbonyl (C=O) groups is 3. The van der Waals surface area contributed by atoms with E-state index in [4.69, 9.17) is 4.42 Å². The minimum Gasteiger partial charge on any atom is -0.459 e. The molecule has 2 aromatic rings. The van der Waals surface area contributed by atoms with Gasteiger partial charge >= 0.3 is 0 Å². The van der Waals surface area contributed by atoms with E-state index >= 15 is 0 Å². The SMILES string of the molecule is O=C(Cc1ccc(N2CCCC2=O)cc1)N1CCN(C(=O)c2ccco2)CC1. The van der Waals surface area contributed by atoms with Crippen LogP contribution >= 0.6 is 0 Å². The van der Waals surface area contributed by atoms with Gasteiger partial charge in [-0.2, -0.15) is 0 Å². The van der Waals surface area contributed by atoms with E-state index < -0.39 is 0 Å². The number of furan rings is 1. The lowest BCUT2D eigenvalue weighted by atomic mass is 10.1. The minimum atomic E-state index is -0.135. The number of nitrogens with zero attached hydrogens (tertiary/aromatic N) is 3. The highest BCUT2D eigenvalue weighted by molar-refractivity contribution is 5.95. The normalized spacial score (nSPS) is 17.3. The molecule has 2 saturated heterocycles. The molecule has 2 fully saturated rings. The number of carbonyl (C=O) groups excluding carboxylic acids is 3. The summed E-state index contributed by atoms with van der Waals surface area (Å²) in [6.07, 6.45) is 3.31. The van der Waals surface area contributed by atoms with Crippen molar-refractivity contribution in [2.75, 3.05) is 37.6 Å². The number of hydrogen-bond donors (Lipinski definition) is 0. The molecule has 7 heteroatoms. The van der Waals surface area contributed by atoms with Gasteiger partial charge in [0.1, 0.15) is 0 Å². The molecule has 0 N–H and O–H groups in total. The molecule has 0 radical (unpaired) electrons. The minimum absolute atomic E-state index is 0.0510. The number of benzene rings is 1. The summed E-state index contributed by atoms with van der Waals surface area (Å²) < 4.78 is 5.16. The van der Waals surface area contributed by atoms with Crippen LogP contribution in [-0.4, -0.2) is 60.2 Å². The first-order valence-corrected chi connectivity index (χ1v) is 9.62. The molecule has 3 heterocycles. The second-order valence-corrected chi connectivity index (χ2v) is 7.14. The van der Waals surface area contributed by atoms with Crippen molar-refractivity contribution >= 4 is 23.4 Å². The average molecular weight is 381 g/mol. The first-order valence-electron chi connectivity index (χ1n) is 9.62. The molecular weight excluding hydrogens is 358 g/mol. The molecule has 4 rings (SSSR count). The number of rotatable bonds is 4. The molecule has 28 heavy (non-hydrogen) atoms. The summed E-state index contributed by atoms with van der Waals surface area (Å²) in [5, 5.41) is 0. The Kier molecular flexibility index (Phi) is 5.14. The number of piperazine rings is 1. The predicted molar refractivity (Wildman–Crippen MR) is 103 cm³/mol. The zero-order valence-electron chi connectivity index (χ0n) is 15.7. The Bertz CT molecular complexity index is 852. The van der Waals surface area contributed by atoms with Crippen molar-refractivity contribution in [2.24, 2.45) is 0 Å². The van der Waals surface area contributed by atoms with Crippen LogP contribution in [0.2, 0.25) is 0 Å². The Morgan fingerprint density at radius 1 is 0.929 bits per heavy atom. The molecule has 0 aliphatic carbocycles. The molecule has 2 aliphatic heterocycles. The van der Waals surface area contributed by atoms with Crippen molar-refractivity contribution in [1.82, 2.24) is 9.80 Å². The van der Waals surface area contributed by atoms with E-state index in [2.05, 4.69) is 0 Å². The van der Waals surface area contributed by atoms with Crippen LogP contribution in [0.15, 0.2) is 47.1 Å². The van der Waals surface area contributed by atoms with Gasteiger partial charge in [-0.05, 0) is 36.2 Å². The van der Waals surface area contributed by atoms with Gasteiger partial charge in [-0.15, -0.1) is 0 Å². The van der Waals surface area contributed by atoms with Gasteiger partial charge in [0.15, 0.2) is 5.76 Å². The zero-order chi connectivity index (χ0) is 19.5. The summed E-state index contributed by atoms with van der Waals surface area (Å²) in [5.74, 6) is 0.404. The van der Waals surface area contributed by atoms with Crippen LogP contribution in [-0.2, 0) is 16.0 Å². The molecule has 0 saturated carbocycles. The van der Waals surface area contributed by atoms with E-state index in [9.17, 15) is 14.4 Å². The number of anilines is 1. The summed E-state index contributed by atoms with van der Waals surface area (Å²) in [6.45, 7) is 2.80. The largest absolute Gasteiger partial charge is 0.459 e. The van der Waals surface area contributed by atoms with Crippen molar-refractivity contribution in [3.05, 3.63) is 54.0 Å². The Morgan fingerprint density at radius 2 is 1.64 bits per heavy atom. The lowest BCUT2D eigenvalue weighted by Gasteiger charge is -2.34. The van der Waals surface area contributed by atoms with Gasteiger partial charge in [0, 0.05) is 44.8 Å². The molecule has 1 aromatic carbocycles. The van der Waals surface area contributed by atoms with Crippen LogP contribution in [0.3, 0.4) is 0 Å². The summed E-state index contributed by atoms with van der Waals surface area (Å²) in [4.78, 5) is 42.0. The van der Waals surface area contributed by atoms with Gasteiger partial charge in [-0.1, -0.05) is 12.1 Å². The average Bonchev–Trinajstić information content (AvgIpc) is 3.40. The highest BCUT2D eigenvalue weighted by Gasteiger charge is 2.26. The molecule has 3 amide bonds. The second kappa shape index (κ2) is 7.88. The summed E-state index contributed by atoms with van der Waals surface area (Å²) in [7, 11) is 0. The molecule has 0 unspecified atom stereocenters. The lowest BCUT2D eigenvalue weighted by molar-refractivity contribution is -0.132. The third-order valence-electron chi connectivity index (χ3n) is 5.33. The molecule has 0 spiro atoms. The molecule has 0 bridgehead atoms. The Hall–Kier alpha value is -3.09. The maximum Gasteiger partial charge on any atom is 0.289 e. The molecule has 2 aliphatic rings. The highest BCUT2D eigenvalue weighted by Crippen LogP contribution is 2.22. The monoisotopic (exact) mass is 381 g/mol. The van der Waals surface area contributed by atoms with Crippen molar-refractivity contribution in [1.29, 1.82) is 0 Å². The van der Waals surface area contributed by atoms with Crippen LogP contribution in [0.25, 0.3) is 0 Å². The molecule has 1 aromatic heterocycles. The molecule has 146 valence electrons. The van der Waals surface area contributed by atoms with Gasteiger partial charge in [-0.25, -0.2) is 0 Å². The van der Waals surface area contributed by atoms with Crippen LogP contribution in [0.1, 0.15) is 29.0 Å². The molecule has 7 nitrogen and oxygen atoms in total. The van der Waals surface area contributed by atoms with Gasteiger partial charge in [0.05, 0.1) is 12.7 Å². The second-order valence-electron chi connectivity index (χ2n) is 7.14. The van der Waals surface area contributed by atoms with Crippen molar-refractivity contribution in [3.63, 3.8) is 0 Å². The number of amides is 3. The van der Waals surface area contributed by atoms with E-state index in [0.29, 0.717) is 44.8 Å². The van der Waals surface area contributed by atoms with Crippen molar-refractivity contribution in [2.45, 2.75) is 19.3 Å². The molecule has 0 atom stereocenters. The quantitative estimate of drug-likeness (QED) is 0.811. The summed E-state index contributed by atoms with van der Waals surface area (Å²) in [6, 6.07) is 11.0. The van der Waals surface area contributed by atoms with Gasteiger partial charge < -0.3 is 19.1 Å². The van der Waals surface area contributed by atoms with E-state index in [1.807, 2.05) is 24.3 Å². The highest BCUT2D eigenvalue weighted by atomic mass is 16.3. The first kappa shape index (κ1) is 18.3. The van der Waals surface area contributed by atoms with E-state index in [1.165, 1.54) is 6.26 Å². The van der Waals surface area contributed by atoms with E-state index in [-0.39, 0.29) is 17.7 Å². The Labute approximate surface area is 163 Å². The van der Waals surface area contributed by atoms with Gasteiger partial charge in [-0.3, -0.25) is 14.4 Å². The predicted octanol–water partition coefficient (Wildman–Crippen LogP) is 1.93. The maximum absolute atomic E-state index is 12.6. The van der Waals surface area contributed by atoms with Gasteiger partial charge in [0.25, 0.3) is 5.91 Å². The fraction of sp³-hybridized carbons (Fsp3) is 0.381. The topological polar surface area (TPSA) is 74.1 Å². The van der Waals surface area contributed by atoms with Crippen LogP contribution in [0, 0.1) is 0 Å². The third kappa shape index (κ3) is 3.78. The molecular formula is C21H23N3O4. The van der Waals surface area contributed by atoms with Crippen LogP contribution < -0.4 is 4.90 Å². The lowest BCUT2D eigenvalue weighted by Crippen LogP contribution is -2.50. The third-order valence-corrected chi connectivity index (χ3v) is 5.33. The smallest absolute Gasteiger partial charge is 0.289 e. The maximum atomic E-state index is 12.6. The van der Waals surface area contributed by atoms with Crippen LogP contribution in [0.4, 0.5) is 5.69 Å². The van der Waals surface area contributed by atoms with Crippen LogP contribution in [0.5, 0.6) is 0 Å². The fourth-order valence-corrected chi connectivity index (χ4v) is 3.72. The fourth-order valence-electron chi connectivity index (χ4n) is 3.72. The Morgan fingerprint density at radius 3 is 2.25 bits per heavy atom.